The van der Waals surface area contributed by atoms with Crippen LogP contribution in [0.5, 0.6) is 0 Å². The van der Waals surface area contributed by atoms with Crippen molar-refractivity contribution in [2.45, 2.75) is 32.7 Å². The Bertz CT molecular complexity index is 235. The molecule has 0 aliphatic carbocycles. The predicted octanol–water partition coefficient (Wildman–Crippen LogP) is 1.42. The van der Waals surface area contributed by atoms with Crippen molar-refractivity contribution in [3.63, 3.8) is 0 Å². The van der Waals surface area contributed by atoms with E-state index in [9.17, 15) is 4.79 Å². The number of methoxy groups -OCH3 is 1. The Hall–Kier alpha value is -1.08. The molecule has 4 nitrogen and oxygen atoms in total. The zero-order valence-corrected chi connectivity index (χ0v) is 9.99. The van der Waals surface area contributed by atoms with Gasteiger partial charge in [0.05, 0.1) is 12.5 Å². The lowest BCUT2D eigenvalue weighted by Gasteiger charge is -2.24. The summed E-state index contributed by atoms with van der Waals surface area (Å²) in [6.45, 7) is 4.44. The fourth-order valence-electron chi connectivity index (χ4n) is 1.30. The zero-order chi connectivity index (χ0) is 11.8. The van der Waals surface area contributed by atoms with Crippen LogP contribution in [0.3, 0.4) is 0 Å². The molecule has 0 aromatic carbocycles. The largest absolute Gasteiger partial charge is 0.384 e. The third kappa shape index (κ3) is 5.38. The summed E-state index contributed by atoms with van der Waals surface area (Å²) in [6.07, 6.45) is 0.848. The van der Waals surface area contributed by atoms with Crippen LogP contribution in [0.25, 0.3) is 0 Å². The van der Waals surface area contributed by atoms with Crippen molar-refractivity contribution in [1.29, 1.82) is 5.26 Å². The molecule has 2 atom stereocenters. The van der Waals surface area contributed by atoms with Gasteiger partial charge in [-0.1, -0.05) is 6.92 Å². The molecule has 0 fully saturated rings. The van der Waals surface area contributed by atoms with Crippen molar-refractivity contribution >= 4 is 5.91 Å². The van der Waals surface area contributed by atoms with E-state index < -0.39 is 0 Å². The number of hydrogen-bond acceptors (Lipinski definition) is 3. The highest BCUT2D eigenvalue weighted by Gasteiger charge is 2.17. The SMILES string of the molecule is COCC(C)CC(=O)N(C)C(C)CC#N. The molecule has 0 aromatic rings. The number of rotatable bonds is 6. The van der Waals surface area contributed by atoms with Crippen LogP contribution in [0.1, 0.15) is 26.7 Å². The molecule has 0 N–H and O–H groups in total. The molecular weight excluding hydrogens is 192 g/mol. The molecule has 0 aromatic heterocycles. The van der Waals surface area contributed by atoms with Gasteiger partial charge in [0.15, 0.2) is 0 Å². The molecule has 86 valence electrons. The van der Waals surface area contributed by atoms with Crippen molar-refractivity contribution in [2.24, 2.45) is 5.92 Å². The maximum Gasteiger partial charge on any atom is 0.222 e. The summed E-state index contributed by atoms with van der Waals surface area (Å²) in [5.41, 5.74) is 0. The van der Waals surface area contributed by atoms with E-state index in [4.69, 9.17) is 10.00 Å². The van der Waals surface area contributed by atoms with Gasteiger partial charge in [-0.15, -0.1) is 0 Å². The Morgan fingerprint density at radius 2 is 2.13 bits per heavy atom. The highest BCUT2D eigenvalue weighted by Crippen LogP contribution is 2.08. The first-order valence-corrected chi connectivity index (χ1v) is 5.14. The minimum atomic E-state index is -0.0164. The fraction of sp³-hybridized carbons (Fsp3) is 0.818. The van der Waals surface area contributed by atoms with E-state index >= 15 is 0 Å². The average Bonchev–Trinajstić information content (AvgIpc) is 2.17. The quantitative estimate of drug-likeness (QED) is 0.669. The molecule has 0 rings (SSSR count). The summed E-state index contributed by atoms with van der Waals surface area (Å²) < 4.78 is 4.97. The second kappa shape index (κ2) is 7.24. The molecule has 0 saturated heterocycles. The van der Waals surface area contributed by atoms with E-state index in [1.807, 2.05) is 13.8 Å². The van der Waals surface area contributed by atoms with Gasteiger partial charge in [-0.3, -0.25) is 4.79 Å². The van der Waals surface area contributed by atoms with Crippen LogP contribution in [0.15, 0.2) is 0 Å². The first kappa shape index (κ1) is 13.9. The molecule has 0 spiro atoms. The number of nitrogens with zero attached hydrogens (tertiary/aromatic N) is 2. The van der Waals surface area contributed by atoms with Crippen molar-refractivity contribution < 1.29 is 9.53 Å². The standard InChI is InChI=1S/C11H20N2O2/c1-9(8-15-4)7-11(14)13(3)10(2)5-6-12/h9-10H,5,7-8H2,1-4H3. The molecule has 0 heterocycles. The molecule has 0 aliphatic rings. The molecular formula is C11H20N2O2. The summed E-state index contributed by atoms with van der Waals surface area (Å²) in [6, 6.07) is 2.05. The highest BCUT2D eigenvalue weighted by molar-refractivity contribution is 5.76. The Labute approximate surface area is 91.8 Å². The van der Waals surface area contributed by atoms with Gasteiger partial charge < -0.3 is 9.64 Å². The van der Waals surface area contributed by atoms with Crippen LogP contribution >= 0.6 is 0 Å². The smallest absolute Gasteiger partial charge is 0.222 e. The summed E-state index contributed by atoms with van der Waals surface area (Å²) >= 11 is 0. The molecule has 0 aliphatic heterocycles. The number of carbonyl (C=O) groups excluding carboxylic acids is 1. The Kier molecular flexibility index (Phi) is 6.72. The number of ether oxygens (including phenoxy) is 1. The zero-order valence-electron chi connectivity index (χ0n) is 9.99. The fourth-order valence-corrected chi connectivity index (χ4v) is 1.30. The molecule has 0 bridgehead atoms. The molecule has 2 unspecified atom stereocenters. The van der Waals surface area contributed by atoms with Crippen LogP contribution in [-0.4, -0.2) is 37.6 Å². The number of hydrogen-bond donors (Lipinski definition) is 0. The van der Waals surface area contributed by atoms with Gasteiger partial charge in [0.25, 0.3) is 0 Å². The monoisotopic (exact) mass is 212 g/mol. The Morgan fingerprint density at radius 3 is 2.60 bits per heavy atom. The van der Waals surface area contributed by atoms with E-state index in [1.54, 1.807) is 19.1 Å². The molecule has 4 heteroatoms. The van der Waals surface area contributed by atoms with Gasteiger partial charge >= 0.3 is 0 Å². The molecule has 0 saturated carbocycles. The maximum absolute atomic E-state index is 11.7. The Balaban J connectivity index is 4.04. The lowest BCUT2D eigenvalue weighted by Crippen LogP contribution is -2.36. The molecule has 1 amide bonds. The highest BCUT2D eigenvalue weighted by atomic mass is 16.5. The average molecular weight is 212 g/mol. The molecule has 0 radical (unpaired) electrons. The van der Waals surface area contributed by atoms with E-state index in [0.29, 0.717) is 19.4 Å². The van der Waals surface area contributed by atoms with E-state index in [0.717, 1.165) is 0 Å². The normalized spacial score (nSPS) is 14.1. The van der Waals surface area contributed by atoms with Crippen LogP contribution in [0, 0.1) is 17.2 Å². The van der Waals surface area contributed by atoms with Crippen molar-refractivity contribution in [3.8, 4) is 6.07 Å². The number of nitriles is 1. The van der Waals surface area contributed by atoms with Crippen LogP contribution in [-0.2, 0) is 9.53 Å². The minimum absolute atomic E-state index is 0.0164. The van der Waals surface area contributed by atoms with Gasteiger partial charge in [0.1, 0.15) is 0 Å². The lowest BCUT2D eigenvalue weighted by atomic mass is 10.1. The second-order valence-corrected chi connectivity index (χ2v) is 3.98. The van der Waals surface area contributed by atoms with Gasteiger partial charge in [0, 0.05) is 33.2 Å². The topological polar surface area (TPSA) is 53.3 Å². The summed E-state index contributed by atoms with van der Waals surface area (Å²) in [5.74, 6) is 0.293. The van der Waals surface area contributed by atoms with E-state index in [-0.39, 0.29) is 17.9 Å². The predicted molar refractivity (Wildman–Crippen MR) is 58.1 cm³/mol. The second-order valence-electron chi connectivity index (χ2n) is 3.98. The maximum atomic E-state index is 11.7. The van der Waals surface area contributed by atoms with Gasteiger partial charge in [0.2, 0.25) is 5.91 Å². The Morgan fingerprint density at radius 1 is 1.53 bits per heavy atom. The van der Waals surface area contributed by atoms with Crippen molar-refractivity contribution in [2.75, 3.05) is 20.8 Å². The lowest BCUT2D eigenvalue weighted by molar-refractivity contribution is -0.132. The third-order valence-corrected chi connectivity index (χ3v) is 2.42. The summed E-state index contributed by atoms with van der Waals surface area (Å²) in [5, 5.41) is 8.53. The number of amides is 1. The van der Waals surface area contributed by atoms with Crippen LogP contribution < -0.4 is 0 Å². The first-order chi connectivity index (χ1) is 7.02. The molecule has 15 heavy (non-hydrogen) atoms. The van der Waals surface area contributed by atoms with Crippen molar-refractivity contribution in [1.82, 2.24) is 4.90 Å². The van der Waals surface area contributed by atoms with Crippen LogP contribution in [0.4, 0.5) is 0 Å². The van der Waals surface area contributed by atoms with E-state index in [1.165, 1.54) is 0 Å². The van der Waals surface area contributed by atoms with Crippen molar-refractivity contribution in [3.05, 3.63) is 0 Å². The summed E-state index contributed by atoms with van der Waals surface area (Å²) in [7, 11) is 3.37. The van der Waals surface area contributed by atoms with E-state index in [2.05, 4.69) is 6.07 Å². The van der Waals surface area contributed by atoms with Gasteiger partial charge in [-0.25, -0.2) is 0 Å². The third-order valence-electron chi connectivity index (χ3n) is 2.42. The number of carbonyl (C=O) groups is 1. The van der Waals surface area contributed by atoms with Gasteiger partial charge in [-0.05, 0) is 12.8 Å². The van der Waals surface area contributed by atoms with Gasteiger partial charge in [-0.2, -0.15) is 5.26 Å². The van der Waals surface area contributed by atoms with Crippen LogP contribution in [0.2, 0.25) is 0 Å². The summed E-state index contributed by atoms with van der Waals surface area (Å²) in [4.78, 5) is 13.3. The minimum Gasteiger partial charge on any atom is -0.384 e. The first-order valence-electron chi connectivity index (χ1n) is 5.14.